The monoisotopic (exact) mass is 740 g/mol. The molecule has 0 saturated heterocycles. The van der Waals surface area contributed by atoms with E-state index in [1.807, 2.05) is 105 Å². The Morgan fingerprint density at radius 3 is 2.42 bits per heavy atom. The van der Waals surface area contributed by atoms with Crippen LogP contribution in [-0.2, 0) is 24.7 Å². The van der Waals surface area contributed by atoms with E-state index >= 15 is 4.79 Å². The third-order valence-electron chi connectivity index (χ3n) is 10.6. The number of anilines is 1. The summed E-state index contributed by atoms with van der Waals surface area (Å²) in [5.41, 5.74) is 10.9. The zero-order valence-electron chi connectivity index (χ0n) is 30.9. The number of aromatic nitrogens is 3. The zero-order chi connectivity index (χ0) is 37.3. The van der Waals surface area contributed by atoms with Gasteiger partial charge in [-0.2, -0.15) is 9.67 Å². The molecule has 0 aliphatic carbocycles. The molecule has 0 fully saturated rings. The van der Waals surface area contributed by atoms with Crippen molar-refractivity contribution in [3.63, 3.8) is 0 Å². The van der Waals surface area contributed by atoms with E-state index in [9.17, 15) is 9.90 Å². The molecule has 3 aromatic carbocycles. The van der Waals surface area contributed by atoms with Crippen LogP contribution in [0.25, 0.3) is 22.0 Å². The van der Waals surface area contributed by atoms with Crippen LogP contribution in [0.2, 0.25) is 10.0 Å². The van der Waals surface area contributed by atoms with E-state index in [2.05, 4.69) is 11.5 Å². The number of carboxylic acids is 1. The molecule has 52 heavy (non-hydrogen) atoms. The van der Waals surface area contributed by atoms with E-state index in [0.717, 1.165) is 77.8 Å². The van der Waals surface area contributed by atoms with Crippen LogP contribution < -0.4 is 9.64 Å². The average Bonchev–Trinajstić information content (AvgIpc) is 3.73. The number of hydrogen-bond acceptors (Lipinski definition) is 4. The maximum absolute atomic E-state index is 15.1. The van der Waals surface area contributed by atoms with Crippen molar-refractivity contribution in [1.82, 2.24) is 14.3 Å². The molecule has 2 aromatic heterocycles. The van der Waals surface area contributed by atoms with Crippen LogP contribution in [-0.4, -0.2) is 60.8 Å². The first-order valence-corrected chi connectivity index (χ1v) is 18.5. The summed E-state index contributed by atoms with van der Waals surface area (Å²) in [6.07, 6.45) is 1.50. The Hall–Kier alpha value is -4.60. The maximum atomic E-state index is 15.1. The predicted molar refractivity (Wildman–Crippen MR) is 208 cm³/mol. The van der Waals surface area contributed by atoms with Gasteiger partial charge in [0.25, 0.3) is 11.6 Å². The molecule has 4 heterocycles. The minimum Gasteiger partial charge on any atom is -0.494 e. The van der Waals surface area contributed by atoms with E-state index in [1.54, 1.807) is 0 Å². The van der Waals surface area contributed by atoms with E-state index in [4.69, 9.17) is 33.0 Å². The third-order valence-corrected chi connectivity index (χ3v) is 11.6. The molecule has 1 amide bonds. The highest BCUT2D eigenvalue weighted by Crippen LogP contribution is 2.46. The standard InChI is InChI=1S/C41H43Cl2N5O4/c1-21(2)47-33-13-9-12-32(30(33)19-34(47)41(50)51)46-20-24(5)48-38-29(14-15-31(42)36(38)35-25(6)44-45(8)26(35)7)28(39(48)40(46)49)11-10-16-52-27-17-22(3)37(43)23(4)18-27/h9,12-15,17-18,21,24H,10-11,16,19-20H2,1-8H3/p+1/t24-/m1/s1. The molecular formula is C41H44Cl2N5O4+. The van der Waals surface area contributed by atoms with Gasteiger partial charge in [-0.3, -0.25) is 9.48 Å². The Bertz CT molecular complexity index is 2330. The normalized spacial score (nSPS) is 15.6. The zero-order valence-corrected chi connectivity index (χ0v) is 32.4. The van der Waals surface area contributed by atoms with Gasteiger partial charge in [0.05, 0.1) is 40.5 Å². The predicted octanol–water partition coefficient (Wildman–Crippen LogP) is 8.95. The molecule has 9 nitrogen and oxygen atoms in total. The second-order valence-corrected chi connectivity index (χ2v) is 15.2. The number of halogens is 2. The number of nitrogens with zero attached hydrogens (tertiary/aromatic N) is 5. The summed E-state index contributed by atoms with van der Waals surface area (Å²) in [5, 5.41) is 17.2. The van der Waals surface area contributed by atoms with Gasteiger partial charge >= 0.3 is 5.97 Å². The largest absolute Gasteiger partial charge is 0.494 e. The summed E-state index contributed by atoms with van der Waals surface area (Å²) in [4.78, 5) is 29.3. The number of carbonyl (C=O) groups excluding carboxylic acids is 1. The van der Waals surface area contributed by atoms with Crippen LogP contribution in [0.1, 0.15) is 77.4 Å². The van der Waals surface area contributed by atoms with Crippen LogP contribution >= 0.6 is 23.2 Å². The lowest BCUT2D eigenvalue weighted by Crippen LogP contribution is -2.43. The SMILES string of the molecule is Cc1cc(OCCCc2c3n(c4c(-c5c(C)nn(C)c5C)c(Cl)ccc24)[C@H](C)CN(c2cccc4c2CC(C(=O)O)=[N+]4C(C)C)C3=O)cc(C)c1Cl. The smallest absolute Gasteiger partial charge is 0.396 e. The molecule has 2 aliphatic rings. The highest BCUT2D eigenvalue weighted by atomic mass is 35.5. The number of carboxylic acid groups (broad SMARTS) is 1. The molecule has 0 unspecified atom stereocenters. The molecule has 5 aromatic rings. The first-order chi connectivity index (χ1) is 24.7. The highest BCUT2D eigenvalue weighted by molar-refractivity contribution is 6.36. The second-order valence-electron chi connectivity index (χ2n) is 14.4. The van der Waals surface area contributed by atoms with Gasteiger partial charge in [-0.15, -0.1) is 0 Å². The van der Waals surface area contributed by atoms with Gasteiger partial charge in [0.2, 0.25) is 5.69 Å². The molecule has 0 radical (unpaired) electrons. The first-order valence-electron chi connectivity index (χ1n) is 17.8. The summed E-state index contributed by atoms with van der Waals surface area (Å²) in [5.74, 6) is -0.307. The molecule has 270 valence electrons. The Balaban J connectivity index is 1.36. The lowest BCUT2D eigenvalue weighted by atomic mass is 9.98. The number of hydrogen-bond donors (Lipinski definition) is 1. The van der Waals surface area contributed by atoms with Crippen molar-refractivity contribution in [3.05, 3.63) is 91.8 Å². The van der Waals surface area contributed by atoms with Gasteiger partial charge in [0.15, 0.2) is 6.04 Å². The summed E-state index contributed by atoms with van der Waals surface area (Å²) in [6, 6.07) is 13.5. The van der Waals surface area contributed by atoms with E-state index in [1.165, 1.54) is 0 Å². The van der Waals surface area contributed by atoms with Gasteiger partial charge in [-0.25, -0.2) is 4.79 Å². The van der Waals surface area contributed by atoms with E-state index < -0.39 is 5.97 Å². The first kappa shape index (κ1) is 35.8. The average molecular weight is 742 g/mol. The van der Waals surface area contributed by atoms with Crippen LogP contribution in [0.15, 0.2) is 42.5 Å². The van der Waals surface area contributed by atoms with Gasteiger partial charge < -0.3 is 19.3 Å². The number of aliphatic carboxylic acids is 1. The molecular weight excluding hydrogens is 697 g/mol. The molecule has 0 bridgehead atoms. The quantitative estimate of drug-likeness (QED) is 0.120. The summed E-state index contributed by atoms with van der Waals surface area (Å²) in [7, 11) is 1.93. The minimum atomic E-state index is -0.951. The van der Waals surface area contributed by atoms with Gasteiger partial charge in [0, 0.05) is 52.9 Å². The van der Waals surface area contributed by atoms with Gasteiger partial charge in [0.1, 0.15) is 11.4 Å². The van der Waals surface area contributed by atoms with Crippen molar-refractivity contribution < 1.29 is 24.0 Å². The van der Waals surface area contributed by atoms with Crippen molar-refractivity contribution >= 4 is 63.1 Å². The van der Waals surface area contributed by atoms with Crippen molar-refractivity contribution in [2.24, 2.45) is 7.05 Å². The molecule has 2 aliphatic heterocycles. The van der Waals surface area contributed by atoms with Gasteiger partial charge in [-0.05, 0) is 102 Å². The Morgan fingerprint density at radius 1 is 1.08 bits per heavy atom. The lowest BCUT2D eigenvalue weighted by Gasteiger charge is -2.35. The highest BCUT2D eigenvalue weighted by Gasteiger charge is 2.42. The number of ether oxygens (including phenoxy) is 1. The fourth-order valence-corrected chi connectivity index (χ4v) is 8.68. The number of carbonyl (C=O) groups is 2. The van der Waals surface area contributed by atoms with Crippen LogP contribution in [0.4, 0.5) is 11.4 Å². The van der Waals surface area contributed by atoms with E-state index in [-0.39, 0.29) is 24.4 Å². The number of fused-ring (bicyclic) bond motifs is 4. The van der Waals surface area contributed by atoms with Crippen LogP contribution in [0, 0.1) is 27.7 Å². The Morgan fingerprint density at radius 2 is 1.79 bits per heavy atom. The second kappa shape index (κ2) is 13.4. The fourth-order valence-electron chi connectivity index (χ4n) is 8.33. The molecule has 0 saturated carbocycles. The molecule has 1 atom stereocenters. The summed E-state index contributed by atoms with van der Waals surface area (Å²) >= 11 is 13.5. The van der Waals surface area contributed by atoms with E-state index in [0.29, 0.717) is 42.4 Å². The van der Waals surface area contributed by atoms with Crippen LogP contribution in [0.5, 0.6) is 5.75 Å². The van der Waals surface area contributed by atoms with Crippen molar-refractivity contribution in [1.29, 1.82) is 0 Å². The third kappa shape index (κ3) is 5.69. The minimum absolute atomic E-state index is 0.0572. The molecule has 7 rings (SSSR count). The maximum Gasteiger partial charge on any atom is 0.396 e. The topological polar surface area (TPSA) is 92.6 Å². The molecule has 11 heteroatoms. The number of amides is 1. The lowest BCUT2D eigenvalue weighted by molar-refractivity contribution is -0.472. The Kier molecular flexibility index (Phi) is 9.24. The number of benzene rings is 3. The fraction of sp³-hybridized carbons (Fsp3) is 0.366. The Labute approximate surface area is 314 Å². The van der Waals surface area contributed by atoms with Gasteiger partial charge in [-0.1, -0.05) is 35.3 Å². The van der Waals surface area contributed by atoms with Crippen molar-refractivity contribution in [3.8, 4) is 16.9 Å². The molecule has 0 spiro atoms. The summed E-state index contributed by atoms with van der Waals surface area (Å²) < 4.78 is 12.1. The number of aryl methyl sites for hydroxylation is 5. The van der Waals surface area contributed by atoms with Crippen LogP contribution in [0.3, 0.4) is 0 Å². The number of rotatable bonds is 9. The van der Waals surface area contributed by atoms with Crippen molar-refractivity contribution in [2.75, 3.05) is 18.1 Å². The van der Waals surface area contributed by atoms with Crippen molar-refractivity contribution in [2.45, 2.75) is 79.8 Å². The summed E-state index contributed by atoms with van der Waals surface area (Å²) in [6.45, 7) is 14.9. The molecule has 1 N–H and O–H groups in total.